The number of hydrogen-bond acceptors (Lipinski definition) is 0. The number of fused-ring (bicyclic) bond motifs is 8. The first-order valence-electron chi connectivity index (χ1n) is 20.8. The molecule has 0 atom stereocenters. The van der Waals surface area contributed by atoms with Gasteiger partial charge in [0.2, 0.25) is 0 Å². The van der Waals surface area contributed by atoms with Crippen molar-refractivity contribution < 1.29 is 0 Å². The monoisotopic (exact) mass is 758 g/mol. The Morgan fingerprint density at radius 3 is 1.02 bits per heavy atom. The largest absolute Gasteiger partial charge is 0.0622 e. The number of rotatable bonds is 5. The Morgan fingerprint density at radius 2 is 0.517 bits per heavy atom. The molecule has 0 amide bonds. The van der Waals surface area contributed by atoms with Crippen molar-refractivity contribution in [3.63, 3.8) is 0 Å². The van der Waals surface area contributed by atoms with Crippen LogP contribution in [0.2, 0.25) is 0 Å². The van der Waals surface area contributed by atoms with E-state index in [-0.39, 0.29) is 0 Å². The van der Waals surface area contributed by atoms with Crippen LogP contribution in [0.25, 0.3) is 120 Å². The van der Waals surface area contributed by atoms with E-state index in [1.807, 2.05) is 0 Å². The highest BCUT2D eigenvalue weighted by atomic mass is 14.2. The van der Waals surface area contributed by atoms with Crippen LogP contribution in [0.1, 0.15) is 0 Å². The summed E-state index contributed by atoms with van der Waals surface area (Å²) in [6.07, 6.45) is 0. The minimum Gasteiger partial charge on any atom is -0.0622 e. The molecule has 0 spiro atoms. The van der Waals surface area contributed by atoms with Crippen molar-refractivity contribution in [2.75, 3.05) is 0 Å². The smallest absolute Gasteiger partial charge is 0.00261 e. The highest BCUT2D eigenvalue weighted by Crippen LogP contribution is 2.46. The van der Waals surface area contributed by atoms with Gasteiger partial charge in [-0.3, -0.25) is 0 Å². The third-order valence-electron chi connectivity index (χ3n) is 12.6. The summed E-state index contributed by atoms with van der Waals surface area (Å²) < 4.78 is 0. The molecule has 0 heterocycles. The van der Waals surface area contributed by atoms with E-state index in [1.165, 1.54) is 120 Å². The molecule has 0 saturated carbocycles. The second-order valence-corrected chi connectivity index (χ2v) is 16.0. The Hall–Kier alpha value is -7.80. The molecule has 0 saturated heterocycles. The van der Waals surface area contributed by atoms with E-state index in [1.54, 1.807) is 0 Å². The van der Waals surface area contributed by atoms with Crippen LogP contribution in [0.5, 0.6) is 0 Å². The van der Waals surface area contributed by atoms with Gasteiger partial charge in [-0.15, -0.1) is 0 Å². The Morgan fingerprint density at radius 1 is 0.167 bits per heavy atom. The first kappa shape index (κ1) is 34.3. The summed E-state index contributed by atoms with van der Waals surface area (Å²) in [4.78, 5) is 0. The van der Waals surface area contributed by atoms with E-state index < -0.39 is 0 Å². The third kappa shape index (κ3) is 5.53. The normalized spacial score (nSPS) is 11.7. The van der Waals surface area contributed by atoms with Crippen molar-refractivity contribution in [2.24, 2.45) is 0 Å². The molecule has 0 aliphatic carbocycles. The summed E-state index contributed by atoms with van der Waals surface area (Å²) in [5.74, 6) is 0. The van der Waals surface area contributed by atoms with Gasteiger partial charge in [-0.25, -0.2) is 0 Å². The molecule has 0 radical (unpaired) electrons. The first-order valence-corrected chi connectivity index (χ1v) is 20.8. The van der Waals surface area contributed by atoms with Crippen LogP contribution in [0.15, 0.2) is 231 Å². The minimum absolute atomic E-state index is 1.21. The molecule has 0 nitrogen and oxygen atoms in total. The molecule has 0 aromatic heterocycles. The second kappa shape index (κ2) is 13.9. The summed E-state index contributed by atoms with van der Waals surface area (Å²) in [6.45, 7) is 0. The summed E-state index contributed by atoms with van der Waals surface area (Å²) in [5, 5.41) is 15.2. The van der Waals surface area contributed by atoms with Gasteiger partial charge in [-0.05, 0) is 138 Å². The van der Waals surface area contributed by atoms with Crippen LogP contribution in [0.3, 0.4) is 0 Å². The number of hydrogen-bond donors (Lipinski definition) is 0. The first-order chi connectivity index (χ1) is 29.8. The van der Waals surface area contributed by atoms with Crippen molar-refractivity contribution in [1.29, 1.82) is 0 Å². The predicted molar refractivity (Wildman–Crippen MR) is 259 cm³/mol. The minimum atomic E-state index is 1.21. The predicted octanol–water partition coefficient (Wildman–Crippen LogP) is 16.9. The molecule has 0 unspecified atom stereocenters. The molecule has 0 aliphatic rings. The number of benzene rings is 12. The lowest BCUT2D eigenvalue weighted by atomic mass is 9.84. The Balaban J connectivity index is 1.05. The quantitative estimate of drug-likeness (QED) is 0.121. The summed E-state index contributed by atoms with van der Waals surface area (Å²) in [7, 11) is 0. The molecule has 278 valence electrons. The lowest BCUT2D eigenvalue weighted by Gasteiger charge is -2.19. The fourth-order valence-electron chi connectivity index (χ4n) is 9.83. The average molecular weight is 759 g/mol. The van der Waals surface area contributed by atoms with Gasteiger partial charge < -0.3 is 0 Å². The molecule has 0 N–H and O–H groups in total. The van der Waals surface area contributed by atoms with Gasteiger partial charge in [0.15, 0.2) is 0 Å². The van der Waals surface area contributed by atoms with Gasteiger partial charge in [0.25, 0.3) is 0 Å². The molecule has 0 heteroatoms. The lowest BCUT2D eigenvalue weighted by molar-refractivity contribution is 1.62. The van der Waals surface area contributed by atoms with Gasteiger partial charge >= 0.3 is 0 Å². The van der Waals surface area contributed by atoms with Crippen LogP contribution in [0, 0.1) is 0 Å². The van der Waals surface area contributed by atoms with Crippen LogP contribution >= 0.6 is 0 Å². The molecular weight excluding hydrogens is 721 g/mol. The summed E-state index contributed by atoms with van der Waals surface area (Å²) in [5.41, 5.74) is 12.3. The van der Waals surface area contributed by atoms with Gasteiger partial charge in [0.1, 0.15) is 0 Å². The molecule has 0 fully saturated rings. The zero-order valence-corrected chi connectivity index (χ0v) is 32.9. The van der Waals surface area contributed by atoms with E-state index in [4.69, 9.17) is 0 Å². The summed E-state index contributed by atoms with van der Waals surface area (Å²) >= 11 is 0. The van der Waals surface area contributed by atoms with Crippen molar-refractivity contribution >= 4 is 64.6 Å². The fourth-order valence-corrected chi connectivity index (χ4v) is 9.83. The van der Waals surface area contributed by atoms with Crippen LogP contribution in [0.4, 0.5) is 0 Å². The maximum Gasteiger partial charge on any atom is -0.00261 e. The summed E-state index contributed by atoms with van der Waals surface area (Å²) in [6, 6.07) is 85.1. The van der Waals surface area contributed by atoms with Crippen LogP contribution in [-0.4, -0.2) is 0 Å². The maximum absolute atomic E-state index is 2.41. The average Bonchev–Trinajstić information content (AvgIpc) is 3.33. The van der Waals surface area contributed by atoms with Crippen LogP contribution in [-0.2, 0) is 0 Å². The highest BCUT2D eigenvalue weighted by Gasteiger charge is 2.19. The topological polar surface area (TPSA) is 0 Å². The van der Waals surface area contributed by atoms with E-state index in [2.05, 4.69) is 231 Å². The zero-order valence-electron chi connectivity index (χ0n) is 32.9. The lowest BCUT2D eigenvalue weighted by Crippen LogP contribution is -1.92. The third-order valence-corrected chi connectivity index (χ3v) is 12.6. The maximum atomic E-state index is 2.41. The second-order valence-electron chi connectivity index (χ2n) is 16.0. The zero-order chi connectivity index (χ0) is 39.6. The van der Waals surface area contributed by atoms with Crippen LogP contribution < -0.4 is 0 Å². The van der Waals surface area contributed by atoms with Gasteiger partial charge in [-0.2, -0.15) is 0 Å². The fraction of sp³-hybridized carbons (Fsp3) is 0. The van der Waals surface area contributed by atoms with E-state index in [0.717, 1.165) is 0 Å². The molecular formula is C60H38. The Kier molecular flexibility index (Phi) is 7.96. The van der Waals surface area contributed by atoms with E-state index >= 15 is 0 Å². The Labute approximate surface area is 349 Å². The highest BCUT2D eigenvalue weighted by molar-refractivity contribution is 6.22. The SMILES string of the molecule is c1ccc(-c2ccc3c(-c4ccc(-c5cc6ccccc6c6ccccc56)cc4)c4ccccc4c(-c4ccc(-c5cc6ccccc6c6ccccc56)cc4)c3c2)cc1. The molecule has 60 heavy (non-hydrogen) atoms. The van der Waals surface area contributed by atoms with Crippen molar-refractivity contribution in [3.8, 4) is 55.6 Å². The van der Waals surface area contributed by atoms with Gasteiger partial charge in [0.05, 0.1) is 0 Å². The van der Waals surface area contributed by atoms with Gasteiger partial charge in [-0.1, -0.05) is 212 Å². The molecule has 0 bridgehead atoms. The standard InChI is InChI=1S/C60H38/c1-2-14-39(15-3-1)44-34-35-55-58(36-44)60(43-32-28-41(29-33-43)57-38-46-17-5-7-19-48(46)50-21-9-11-23-52(50)57)54-25-13-12-24-53(54)59(55)42-30-26-40(27-31-42)56-37-45-16-4-6-18-47(45)49-20-8-10-22-51(49)56/h1-38H. The van der Waals surface area contributed by atoms with E-state index in [9.17, 15) is 0 Å². The van der Waals surface area contributed by atoms with E-state index in [0.29, 0.717) is 0 Å². The van der Waals surface area contributed by atoms with Crippen molar-refractivity contribution in [1.82, 2.24) is 0 Å². The molecule has 12 aromatic rings. The molecule has 12 rings (SSSR count). The van der Waals surface area contributed by atoms with Crippen molar-refractivity contribution in [2.45, 2.75) is 0 Å². The van der Waals surface area contributed by atoms with Gasteiger partial charge in [0, 0.05) is 0 Å². The molecule has 12 aromatic carbocycles. The Bertz CT molecular complexity index is 3610. The molecule has 0 aliphatic heterocycles. The van der Waals surface area contributed by atoms with Crippen molar-refractivity contribution in [3.05, 3.63) is 231 Å².